The molecule has 4 N–H and O–H groups in total. The highest BCUT2D eigenvalue weighted by atomic mass is 79.9. The molecular weight excluding hydrogens is 410 g/mol. The summed E-state index contributed by atoms with van der Waals surface area (Å²) in [4.78, 5) is 8.73. The first-order valence-corrected chi connectivity index (χ1v) is 9.97. The molecule has 1 aromatic carbocycles. The van der Waals surface area contributed by atoms with Gasteiger partial charge in [-0.05, 0) is 47.5 Å². The molecule has 0 spiro atoms. The van der Waals surface area contributed by atoms with Gasteiger partial charge >= 0.3 is 0 Å². The summed E-state index contributed by atoms with van der Waals surface area (Å²) in [7, 11) is -3.64. The van der Waals surface area contributed by atoms with Gasteiger partial charge < -0.3 is 15.7 Å². The minimum Gasteiger partial charge on any atom is -0.391 e. The third kappa shape index (κ3) is 4.27. The molecule has 4 bridgehead atoms. The number of nitrogens with zero attached hydrogens (tertiary/aromatic N) is 2. The molecule has 134 valence electrons. The van der Waals surface area contributed by atoms with E-state index in [1.807, 2.05) is 0 Å². The molecule has 0 radical (unpaired) electrons. The molecule has 2 atom stereocenters. The van der Waals surface area contributed by atoms with E-state index in [-0.39, 0.29) is 17.5 Å². The van der Waals surface area contributed by atoms with Crippen LogP contribution in [0.3, 0.4) is 0 Å². The average molecular weight is 428 g/mol. The third-order valence-electron chi connectivity index (χ3n) is 3.80. The van der Waals surface area contributed by atoms with Crippen molar-refractivity contribution in [1.29, 1.82) is 0 Å². The summed E-state index contributed by atoms with van der Waals surface area (Å²) in [6.07, 6.45) is 1.28. The highest BCUT2D eigenvalue weighted by Crippen LogP contribution is 2.25. The Morgan fingerprint density at radius 1 is 1.40 bits per heavy atom. The fourth-order valence-corrected chi connectivity index (χ4v) is 3.84. The Hall–Kier alpha value is -1.75. The standard InChI is InChI=1S/C15H18BrN5O3S/c1-9(22)13-5-6-18-25(23,24)11-4-2-3-10(7-11)19-15-17-8-12(16)14(20-13)21-15/h2-4,7-9,13,18,22H,5-6H2,1H3,(H2,17,19,20,21). The smallest absolute Gasteiger partial charge is 0.240 e. The summed E-state index contributed by atoms with van der Waals surface area (Å²) in [6.45, 7) is 1.82. The van der Waals surface area contributed by atoms with Crippen molar-refractivity contribution in [2.75, 3.05) is 17.2 Å². The Labute approximate surface area is 154 Å². The Bertz CT molecular complexity index is 875. The summed E-state index contributed by atoms with van der Waals surface area (Å²) in [5.74, 6) is 0.832. The van der Waals surface area contributed by atoms with E-state index in [0.29, 0.717) is 28.3 Å². The van der Waals surface area contributed by atoms with Crippen LogP contribution in [0.4, 0.5) is 17.5 Å². The van der Waals surface area contributed by atoms with Crippen LogP contribution in [0.25, 0.3) is 0 Å². The highest BCUT2D eigenvalue weighted by Gasteiger charge is 2.21. The van der Waals surface area contributed by atoms with E-state index in [4.69, 9.17) is 0 Å². The lowest BCUT2D eigenvalue weighted by Gasteiger charge is -2.22. The number of aromatic nitrogens is 2. The fourth-order valence-electron chi connectivity index (χ4n) is 2.44. The Morgan fingerprint density at radius 3 is 2.96 bits per heavy atom. The third-order valence-corrected chi connectivity index (χ3v) is 5.84. The normalized spacial score (nSPS) is 20.8. The molecule has 0 saturated carbocycles. The van der Waals surface area contributed by atoms with Crippen molar-refractivity contribution in [3.8, 4) is 0 Å². The molecule has 1 aliphatic rings. The fraction of sp³-hybridized carbons (Fsp3) is 0.333. The number of halogens is 1. The van der Waals surface area contributed by atoms with Gasteiger partial charge in [-0.25, -0.2) is 18.1 Å². The first-order valence-electron chi connectivity index (χ1n) is 7.69. The molecule has 1 aliphatic heterocycles. The molecule has 0 amide bonds. The number of aliphatic hydroxyl groups is 1. The number of anilines is 3. The van der Waals surface area contributed by atoms with E-state index in [2.05, 4.69) is 41.3 Å². The number of aliphatic hydroxyl groups excluding tert-OH is 1. The van der Waals surface area contributed by atoms with Crippen LogP contribution >= 0.6 is 15.9 Å². The maximum atomic E-state index is 12.4. The zero-order valence-electron chi connectivity index (χ0n) is 13.4. The molecule has 2 aromatic rings. The van der Waals surface area contributed by atoms with Crippen molar-refractivity contribution in [2.45, 2.75) is 30.4 Å². The molecule has 10 heteroatoms. The van der Waals surface area contributed by atoms with E-state index in [1.165, 1.54) is 12.1 Å². The molecule has 0 saturated heterocycles. The van der Waals surface area contributed by atoms with Crippen molar-refractivity contribution in [3.63, 3.8) is 0 Å². The lowest BCUT2D eigenvalue weighted by atomic mass is 10.1. The number of benzene rings is 1. The Kier molecular flexibility index (Phi) is 5.23. The summed E-state index contributed by atoms with van der Waals surface area (Å²) >= 11 is 3.38. The quantitative estimate of drug-likeness (QED) is 0.548. The van der Waals surface area contributed by atoms with E-state index >= 15 is 0 Å². The average Bonchev–Trinajstić information content (AvgIpc) is 2.56. The highest BCUT2D eigenvalue weighted by molar-refractivity contribution is 9.10. The number of hydrogen-bond acceptors (Lipinski definition) is 7. The van der Waals surface area contributed by atoms with Gasteiger partial charge in [-0.2, -0.15) is 4.98 Å². The second-order valence-corrected chi connectivity index (χ2v) is 8.34. The number of hydrogen-bond donors (Lipinski definition) is 4. The molecule has 2 unspecified atom stereocenters. The van der Waals surface area contributed by atoms with Crippen LogP contribution < -0.4 is 15.4 Å². The lowest BCUT2D eigenvalue weighted by Crippen LogP contribution is -2.36. The molecule has 25 heavy (non-hydrogen) atoms. The van der Waals surface area contributed by atoms with E-state index in [9.17, 15) is 13.5 Å². The molecule has 0 fully saturated rings. The van der Waals surface area contributed by atoms with Gasteiger partial charge in [0.05, 0.1) is 21.5 Å². The number of fused-ring (bicyclic) bond motifs is 4. The first kappa shape index (κ1) is 18.1. The predicted molar refractivity (Wildman–Crippen MR) is 98.4 cm³/mol. The Morgan fingerprint density at radius 2 is 2.20 bits per heavy atom. The molecule has 1 aromatic heterocycles. The molecular formula is C15H18BrN5O3S. The summed E-state index contributed by atoms with van der Waals surface area (Å²) < 4.78 is 28.1. The Balaban J connectivity index is 2.05. The minimum atomic E-state index is -3.64. The first-order chi connectivity index (χ1) is 11.8. The number of nitrogens with one attached hydrogen (secondary N) is 3. The van der Waals surface area contributed by atoms with Crippen LogP contribution in [0.5, 0.6) is 0 Å². The van der Waals surface area contributed by atoms with Gasteiger partial charge in [-0.15, -0.1) is 0 Å². The van der Waals surface area contributed by atoms with Crippen molar-refractivity contribution >= 4 is 43.4 Å². The second kappa shape index (κ2) is 7.24. The van der Waals surface area contributed by atoms with Crippen molar-refractivity contribution in [3.05, 3.63) is 34.9 Å². The van der Waals surface area contributed by atoms with Gasteiger partial charge in [-0.3, -0.25) is 0 Å². The van der Waals surface area contributed by atoms with Gasteiger partial charge in [-0.1, -0.05) is 6.07 Å². The lowest BCUT2D eigenvalue weighted by molar-refractivity contribution is 0.167. The van der Waals surface area contributed by atoms with E-state index in [0.717, 1.165) is 0 Å². The van der Waals surface area contributed by atoms with Gasteiger partial charge in [0.2, 0.25) is 16.0 Å². The zero-order chi connectivity index (χ0) is 18.0. The van der Waals surface area contributed by atoms with Crippen LogP contribution in [0.15, 0.2) is 39.8 Å². The predicted octanol–water partition coefficient (Wildman–Crippen LogP) is 1.83. The van der Waals surface area contributed by atoms with Crippen LogP contribution in [-0.4, -0.2) is 42.2 Å². The van der Waals surface area contributed by atoms with Crippen LogP contribution in [0.1, 0.15) is 13.3 Å². The summed E-state index contributed by atoms with van der Waals surface area (Å²) in [6, 6.07) is 6.03. The van der Waals surface area contributed by atoms with E-state index in [1.54, 1.807) is 25.3 Å². The summed E-state index contributed by atoms with van der Waals surface area (Å²) in [5, 5.41) is 16.1. The SMILES string of the molecule is CC(O)C1CCNS(=O)(=O)c2cccc(c2)Nc2ncc(Br)c(n2)N1. The molecule has 3 rings (SSSR count). The van der Waals surface area contributed by atoms with Gasteiger partial charge in [0.1, 0.15) is 5.82 Å². The van der Waals surface area contributed by atoms with Gasteiger partial charge in [0.15, 0.2) is 0 Å². The minimum absolute atomic E-state index is 0.149. The van der Waals surface area contributed by atoms with Gasteiger partial charge in [0.25, 0.3) is 0 Å². The molecule has 0 aliphatic carbocycles. The monoisotopic (exact) mass is 427 g/mol. The topological polar surface area (TPSA) is 116 Å². The number of rotatable bonds is 1. The van der Waals surface area contributed by atoms with Crippen molar-refractivity contribution in [2.24, 2.45) is 0 Å². The van der Waals surface area contributed by atoms with Gasteiger partial charge in [0, 0.05) is 18.4 Å². The van der Waals surface area contributed by atoms with Crippen LogP contribution in [0.2, 0.25) is 0 Å². The zero-order valence-corrected chi connectivity index (χ0v) is 15.8. The van der Waals surface area contributed by atoms with Crippen LogP contribution in [-0.2, 0) is 10.0 Å². The molecule has 2 heterocycles. The van der Waals surface area contributed by atoms with Crippen LogP contribution in [0, 0.1) is 0 Å². The van der Waals surface area contributed by atoms with Crippen molar-refractivity contribution < 1.29 is 13.5 Å². The summed E-state index contributed by atoms with van der Waals surface area (Å²) in [5.41, 5.74) is 0.558. The maximum Gasteiger partial charge on any atom is 0.240 e. The largest absolute Gasteiger partial charge is 0.391 e. The second-order valence-electron chi connectivity index (χ2n) is 5.72. The van der Waals surface area contributed by atoms with E-state index < -0.39 is 16.1 Å². The number of sulfonamides is 1. The van der Waals surface area contributed by atoms with Crippen molar-refractivity contribution in [1.82, 2.24) is 14.7 Å². The maximum absolute atomic E-state index is 12.4. The molecule has 8 nitrogen and oxygen atoms in total.